The molecule has 0 bridgehead atoms. The molecule has 5 rings (SSSR count). The second kappa shape index (κ2) is 10.7. The van der Waals surface area contributed by atoms with Crippen molar-refractivity contribution in [3.8, 4) is 5.75 Å². The Morgan fingerprint density at radius 2 is 1.47 bits per heavy atom. The molecule has 5 nitrogen and oxygen atoms in total. The quantitative estimate of drug-likeness (QED) is 0.171. The van der Waals surface area contributed by atoms with E-state index in [1.165, 1.54) is 21.8 Å². The van der Waals surface area contributed by atoms with E-state index in [1.54, 1.807) is 7.11 Å². The number of fused-ring (bicyclic) bond motifs is 3. The van der Waals surface area contributed by atoms with Crippen LogP contribution in [-0.4, -0.2) is 22.0 Å². The minimum Gasteiger partial charge on any atom is -1.00 e. The lowest BCUT2D eigenvalue weighted by Gasteiger charge is -2.07. The first kappa shape index (κ1) is 23.8. The molecule has 0 unspecified atom stereocenters. The van der Waals surface area contributed by atoms with Crippen molar-refractivity contribution in [1.29, 1.82) is 0 Å². The van der Waals surface area contributed by atoms with Gasteiger partial charge in [0.05, 0.1) is 13.7 Å². The van der Waals surface area contributed by atoms with Gasteiger partial charge in [-0.3, -0.25) is 4.79 Å². The number of carbonyl (C=O) groups excluding carboxylic acids is 1. The second-order valence-corrected chi connectivity index (χ2v) is 8.37. The second-order valence-electron chi connectivity index (χ2n) is 8.37. The number of hydrogen-bond donors (Lipinski definition) is 0. The van der Waals surface area contributed by atoms with Crippen molar-refractivity contribution in [1.82, 2.24) is 9.13 Å². The summed E-state index contributed by atoms with van der Waals surface area (Å²) < 4.78 is 11.7. The summed E-state index contributed by atoms with van der Waals surface area (Å²) in [7, 11) is 1.62. The van der Waals surface area contributed by atoms with Gasteiger partial charge in [-0.25, -0.2) is 9.13 Å². The number of ether oxygens (including phenoxy) is 1. The van der Waals surface area contributed by atoms with Crippen LogP contribution < -0.4 is 26.3 Å². The number of aromatic nitrogens is 3. The van der Waals surface area contributed by atoms with E-state index in [2.05, 4.69) is 57.7 Å². The van der Waals surface area contributed by atoms with Gasteiger partial charge in [0.15, 0.2) is 6.54 Å². The molecule has 0 aliphatic heterocycles. The molecule has 174 valence electrons. The van der Waals surface area contributed by atoms with Crippen molar-refractivity contribution in [2.75, 3.05) is 7.11 Å². The molecule has 0 saturated carbocycles. The number of unbranched alkanes of at least 4 members (excludes halogenated alkanes) is 1. The van der Waals surface area contributed by atoms with Gasteiger partial charge in [-0.15, -0.1) is 0 Å². The van der Waals surface area contributed by atoms with E-state index in [9.17, 15) is 4.79 Å². The van der Waals surface area contributed by atoms with Crippen LogP contribution >= 0.6 is 0 Å². The van der Waals surface area contributed by atoms with Crippen LogP contribution in [0.15, 0.2) is 91.5 Å². The number of ketones is 1. The van der Waals surface area contributed by atoms with Crippen LogP contribution in [0.1, 0.15) is 23.2 Å². The Morgan fingerprint density at radius 1 is 0.853 bits per heavy atom. The average Bonchev–Trinajstić information content (AvgIpc) is 3.44. The van der Waals surface area contributed by atoms with Crippen molar-refractivity contribution in [2.45, 2.75) is 32.5 Å². The Morgan fingerprint density at radius 3 is 2.12 bits per heavy atom. The van der Waals surface area contributed by atoms with Gasteiger partial charge < -0.3 is 26.3 Å². The van der Waals surface area contributed by atoms with Crippen LogP contribution in [0.2, 0.25) is 0 Å². The van der Waals surface area contributed by atoms with Gasteiger partial charge in [-0.2, -0.15) is 0 Å². The number of aryl methyl sites for hydroxylation is 2. The predicted octanol–water partition coefficient (Wildman–Crippen LogP) is 2.26. The molecule has 0 amide bonds. The summed E-state index contributed by atoms with van der Waals surface area (Å²) in [4.78, 5) is 12.6. The summed E-state index contributed by atoms with van der Waals surface area (Å²) in [5, 5.41) is 2.64. The third kappa shape index (κ3) is 4.92. The lowest BCUT2D eigenvalue weighted by molar-refractivity contribution is -0.682. The predicted molar refractivity (Wildman–Crippen MR) is 131 cm³/mol. The monoisotopic (exact) mass is 517 g/mol. The summed E-state index contributed by atoms with van der Waals surface area (Å²) in [6.07, 6.45) is 8.19. The zero-order valence-corrected chi connectivity index (χ0v) is 20.8. The number of imidazole rings is 1. The summed E-state index contributed by atoms with van der Waals surface area (Å²) in [5.74, 6) is 0.845. The number of halogens is 1. The van der Waals surface area contributed by atoms with Gasteiger partial charge in [-0.05, 0) is 49.2 Å². The molecule has 2 heterocycles. The maximum absolute atomic E-state index is 12.6. The number of nitrogens with zero attached hydrogens (tertiary/aromatic N) is 3. The van der Waals surface area contributed by atoms with Gasteiger partial charge in [0.25, 0.3) is 0 Å². The number of methoxy groups -OCH3 is 1. The topological polar surface area (TPSA) is 40.0 Å². The van der Waals surface area contributed by atoms with E-state index in [1.807, 2.05) is 47.6 Å². The highest BCUT2D eigenvalue weighted by Gasteiger charge is 2.12. The molecule has 3 aromatic carbocycles. The van der Waals surface area contributed by atoms with Crippen molar-refractivity contribution < 1.29 is 31.1 Å². The Bertz CT molecular complexity index is 1350. The number of para-hydroxylation sites is 2. The Hall–Kier alpha value is -3.38. The molecular formula is C28H28BrN3O2. The summed E-state index contributed by atoms with van der Waals surface area (Å²) in [6, 6.07) is 24.6. The highest BCUT2D eigenvalue weighted by Crippen LogP contribution is 2.29. The van der Waals surface area contributed by atoms with Crippen LogP contribution in [0.5, 0.6) is 5.75 Å². The SMILES string of the molecule is COc1ccc(C(=O)C[n+]2ccn(CCCCn3c4ccccc4c4ccccc43)c2)cc1.[Br-]. The summed E-state index contributed by atoms with van der Waals surface area (Å²) >= 11 is 0. The minimum atomic E-state index is 0. The maximum Gasteiger partial charge on any atom is 0.244 e. The van der Waals surface area contributed by atoms with Crippen molar-refractivity contribution >= 4 is 27.6 Å². The number of hydrogen-bond acceptors (Lipinski definition) is 2. The Kier molecular flexibility index (Phi) is 7.48. The zero-order chi connectivity index (χ0) is 22.6. The van der Waals surface area contributed by atoms with Gasteiger partial charge in [0, 0.05) is 33.9 Å². The van der Waals surface area contributed by atoms with Gasteiger partial charge in [0.2, 0.25) is 12.1 Å². The van der Waals surface area contributed by atoms with E-state index >= 15 is 0 Å². The highest BCUT2D eigenvalue weighted by molar-refractivity contribution is 6.07. The fourth-order valence-corrected chi connectivity index (χ4v) is 4.51. The number of rotatable bonds is 9. The number of benzene rings is 3. The Labute approximate surface area is 210 Å². The van der Waals surface area contributed by atoms with E-state index in [0.29, 0.717) is 12.1 Å². The number of Topliss-reactive ketones (excluding diaryl/α,β-unsaturated/α-hetero) is 1. The molecular weight excluding hydrogens is 490 g/mol. The third-order valence-corrected chi connectivity index (χ3v) is 6.21. The first-order chi connectivity index (χ1) is 16.2. The van der Waals surface area contributed by atoms with Crippen LogP contribution in [0.4, 0.5) is 0 Å². The van der Waals surface area contributed by atoms with Crippen LogP contribution in [0.25, 0.3) is 21.8 Å². The largest absolute Gasteiger partial charge is 1.00 e. The van der Waals surface area contributed by atoms with Gasteiger partial charge in [0.1, 0.15) is 18.1 Å². The summed E-state index contributed by atoms with van der Waals surface area (Å²) in [5.41, 5.74) is 3.30. The minimum absolute atomic E-state index is 0. The summed E-state index contributed by atoms with van der Waals surface area (Å²) in [6.45, 7) is 2.26. The molecule has 0 aliphatic rings. The average molecular weight is 518 g/mol. The molecule has 0 saturated heterocycles. The first-order valence-electron chi connectivity index (χ1n) is 11.4. The third-order valence-electron chi connectivity index (χ3n) is 6.21. The van der Waals surface area contributed by atoms with Gasteiger partial charge >= 0.3 is 0 Å². The van der Waals surface area contributed by atoms with Crippen LogP contribution in [-0.2, 0) is 19.6 Å². The van der Waals surface area contributed by atoms with Crippen molar-refractivity contribution in [3.05, 3.63) is 97.1 Å². The molecule has 0 fully saturated rings. The van der Waals surface area contributed by atoms with Crippen molar-refractivity contribution in [2.24, 2.45) is 0 Å². The fraction of sp³-hybridized carbons (Fsp3) is 0.214. The highest BCUT2D eigenvalue weighted by atomic mass is 79.9. The molecule has 0 radical (unpaired) electrons. The Balaban J connectivity index is 0.00000274. The maximum atomic E-state index is 12.6. The molecule has 0 spiro atoms. The molecule has 34 heavy (non-hydrogen) atoms. The number of carbonyl (C=O) groups is 1. The molecule has 2 aromatic heterocycles. The van der Waals surface area contributed by atoms with E-state index in [-0.39, 0.29) is 22.8 Å². The lowest BCUT2D eigenvalue weighted by atomic mass is 10.1. The lowest BCUT2D eigenvalue weighted by Crippen LogP contribution is -3.00. The van der Waals surface area contributed by atoms with Gasteiger partial charge in [-0.1, -0.05) is 36.4 Å². The fourth-order valence-electron chi connectivity index (χ4n) is 4.51. The standard InChI is InChI=1S/C28H28N3O2.BrH/c1-33-23-14-12-22(13-15-23)28(32)20-30-19-18-29(21-30)16-6-7-17-31-26-10-4-2-8-24(26)25-9-3-5-11-27(25)31;/h2-5,8-15,18-19,21H,6-7,16-17,20H2,1H3;1H/q+1;/p-1. The zero-order valence-electron chi connectivity index (χ0n) is 19.2. The molecule has 5 aromatic rings. The normalized spacial score (nSPS) is 11.0. The van der Waals surface area contributed by atoms with E-state index in [0.717, 1.165) is 31.7 Å². The van der Waals surface area contributed by atoms with Crippen LogP contribution in [0, 0.1) is 0 Å². The smallest absolute Gasteiger partial charge is 0.244 e. The van der Waals surface area contributed by atoms with Crippen molar-refractivity contribution in [3.63, 3.8) is 0 Å². The van der Waals surface area contributed by atoms with Crippen LogP contribution in [0.3, 0.4) is 0 Å². The van der Waals surface area contributed by atoms with E-state index < -0.39 is 0 Å². The molecule has 6 heteroatoms. The molecule has 0 atom stereocenters. The first-order valence-corrected chi connectivity index (χ1v) is 11.4. The molecule has 0 N–H and O–H groups in total. The van der Waals surface area contributed by atoms with E-state index in [4.69, 9.17) is 4.74 Å². The molecule has 0 aliphatic carbocycles.